The number of alkyl halides is 1. The van der Waals surface area contributed by atoms with Gasteiger partial charge < -0.3 is 5.32 Å². The first-order chi connectivity index (χ1) is 9.99. The van der Waals surface area contributed by atoms with Gasteiger partial charge >= 0.3 is 0 Å². The largest absolute Gasteiger partial charge is 0.314 e. The number of nitrogens with zero attached hydrogens (tertiary/aromatic N) is 1. The molecule has 1 N–H and O–H groups in total. The molecule has 0 unspecified atom stereocenters. The minimum Gasteiger partial charge on any atom is -0.314 e. The third kappa shape index (κ3) is 3.64. The highest BCUT2D eigenvalue weighted by atomic mass is 35.5. The Kier molecular flexibility index (Phi) is 7.30. The topological polar surface area (TPSA) is 15.3 Å². The van der Waals surface area contributed by atoms with Gasteiger partial charge in [0.25, 0.3) is 0 Å². The molecule has 2 nitrogen and oxygen atoms in total. The van der Waals surface area contributed by atoms with Gasteiger partial charge in [-0.05, 0) is 74.4 Å². The highest BCUT2D eigenvalue weighted by Gasteiger charge is 2.26. The van der Waals surface area contributed by atoms with Gasteiger partial charge in [0.15, 0.2) is 0 Å². The van der Waals surface area contributed by atoms with Gasteiger partial charge in [-0.15, -0.1) is 12.4 Å². The lowest BCUT2D eigenvalue weighted by atomic mass is 9.84. The third-order valence-corrected chi connectivity index (χ3v) is 5.37. The molecule has 1 atom stereocenters. The normalized spacial score (nSPS) is 17.2. The SMILES string of the molecule is Cc1c(C)c(C)c([C@@H](CCF)N2CCNCC2)c(C)c1C.Cl. The second-order valence-corrected chi connectivity index (χ2v) is 6.32. The Morgan fingerprint density at radius 2 is 1.36 bits per heavy atom. The summed E-state index contributed by atoms with van der Waals surface area (Å²) in [4.78, 5) is 2.46. The lowest BCUT2D eigenvalue weighted by molar-refractivity contribution is 0.156. The molecule has 0 bridgehead atoms. The lowest BCUT2D eigenvalue weighted by Gasteiger charge is -2.37. The molecule has 22 heavy (non-hydrogen) atoms. The number of hydrogen-bond acceptors (Lipinski definition) is 2. The highest BCUT2D eigenvalue weighted by molar-refractivity contribution is 5.85. The van der Waals surface area contributed by atoms with E-state index in [1.807, 2.05) is 0 Å². The maximum absolute atomic E-state index is 13.2. The molecule has 2 rings (SSSR count). The summed E-state index contributed by atoms with van der Waals surface area (Å²) in [7, 11) is 0. The number of benzene rings is 1. The van der Waals surface area contributed by atoms with Crippen LogP contribution in [0.15, 0.2) is 0 Å². The molecule has 126 valence electrons. The summed E-state index contributed by atoms with van der Waals surface area (Å²) >= 11 is 0. The highest BCUT2D eigenvalue weighted by Crippen LogP contribution is 2.35. The molecule has 0 saturated carbocycles. The smallest absolute Gasteiger partial charge is 0.0912 e. The van der Waals surface area contributed by atoms with Gasteiger partial charge in [0.1, 0.15) is 0 Å². The summed E-state index contributed by atoms with van der Waals surface area (Å²) in [6.07, 6.45) is 0.601. The van der Waals surface area contributed by atoms with Gasteiger partial charge in [0.2, 0.25) is 0 Å². The van der Waals surface area contributed by atoms with Crippen molar-refractivity contribution in [2.24, 2.45) is 0 Å². The Balaban J connectivity index is 0.00000242. The number of nitrogens with one attached hydrogen (secondary N) is 1. The van der Waals surface area contributed by atoms with Gasteiger partial charge in [-0.25, -0.2) is 0 Å². The fourth-order valence-corrected chi connectivity index (χ4v) is 3.64. The summed E-state index contributed by atoms with van der Waals surface area (Å²) < 4.78 is 13.2. The predicted octanol–water partition coefficient (Wildman–Crippen LogP) is 3.96. The minimum absolute atomic E-state index is 0. The van der Waals surface area contributed by atoms with Crippen molar-refractivity contribution in [2.45, 2.75) is 47.1 Å². The number of hydrogen-bond donors (Lipinski definition) is 1. The second kappa shape index (κ2) is 8.28. The molecule has 1 aliphatic rings. The van der Waals surface area contributed by atoms with Gasteiger partial charge in [0, 0.05) is 32.2 Å². The molecule has 1 saturated heterocycles. The van der Waals surface area contributed by atoms with E-state index in [9.17, 15) is 4.39 Å². The molecule has 0 aromatic heterocycles. The molecule has 1 fully saturated rings. The molecular formula is C18H30ClFN2. The monoisotopic (exact) mass is 328 g/mol. The molecule has 0 radical (unpaired) electrons. The molecule has 1 aromatic carbocycles. The quantitative estimate of drug-likeness (QED) is 0.900. The first kappa shape index (κ1) is 19.4. The van der Waals surface area contributed by atoms with Crippen LogP contribution in [0.2, 0.25) is 0 Å². The zero-order valence-corrected chi connectivity index (χ0v) is 15.4. The van der Waals surface area contributed by atoms with Crippen LogP contribution in [0.25, 0.3) is 0 Å². The Hall–Kier alpha value is -0.640. The fourth-order valence-electron chi connectivity index (χ4n) is 3.64. The molecule has 1 aromatic rings. The summed E-state index contributed by atoms with van der Waals surface area (Å²) in [5, 5.41) is 3.39. The van der Waals surface area contributed by atoms with E-state index in [1.54, 1.807) is 0 Å². The van der Waals surface area contributed by atoms with Crippen LogP contribution in [-0.2, 0) is 0 Å². The fraction of sp³-hybridized carbons (Fsp3) is 0.667. The first-order valence-electron chi connectivity index (χ1n) is 8.06. The van der Waals surface area contributed by atoms with E-state index >= 15 is 0 Å². The zero-order valence-electron chi connectivity index (χ0n) is 14.6. The molecule has 1 aliphatic heterocycles. The molecular weight excluding hydrogens is 299 g/mol. The van der Waals surface area contributed by atoms with Crippen molar-refractivity contribution in [3.05, 3.63) is 33.4 Å². The van der Waals surface area contributed by atoms with E-state index in [0.29, 0.717) is 6.42 Å². The Bertz CT molecular complexity index is 481. The van der Waals surface area contributed by atoms with E-state index in [0.717, 1.165) is 26.2 Å². The molecule has 0 aliphatic carbocycles. The van der Waals surface area contributed by atoms with Crippen molar-refractivity contribution >= 4 is 12.4 Å². The Labute approximate surface area is 140 Å². The summed E-state index contributed by atoms with van der Waals surface area (Å²) in [5.41, 5.74) is 8.20. The van der Waals surface area contributed by atoms with Crippen molar-refractivity contribution in [1.29, 1.82) is 0 Å². The van der Waals surface area contributed by atoms with Crippen molar-refractivity contribution < 1.29 is 4.39 Å². The van der Waals surface area contributed by atoms with Crippen LogP contribution in [0.5, 0.6) is 0 Å². The van der Waals surface area contributed by atoms with Crippen LogP contribution in [0.1, 0.15) is 45.8 Å². The van der Waals surface area contributed by atoms with Crippen molar-refractivity contribution in [3.8, 4) is 0 Å². The first-order valence-corrected chi connectivity index (χ1v) is 8.06. The Morgan fingerprint density at radius 1 is 0.909 bits per heavy atom. The number of halogens is 2. The summed E-state index contributed by atoms with van der Waals surface area (Å²) in [5.74, 6) is 0. The van der Waals surface area contributed by atoms with Gasteiger partial charge in [-0.1, -0.05) is 0 Å². The van der Waals surface area contributed by atoms with E-state index in [4.69, 9.17) is 0 Å². The van der Waals surface area contributed by atoms with Crippen LogP contribution in [0.4, 0.5) is 4.39 Å². The predicted molar refractivity (Wildman–Crippen MR) is 95.2 cm³/mol. The molecule has 0 spiro atoms. The average Bonchev–Trinajstić information content (AvgIpc) is 2.51. The van der Waals surface area contributed by atoms with E-state index in [-0.39, 0.29) is 25.1 Å². The summed E-state index contributed by atoms with van der Waals surface area (Å²) in [6.45, 7) is 14.8. The standard InChI is InChI=1S/C18H29FN2.ClH/c1-12-13(2)15(4)18(16(5)14(12)3)17(6-7-19)21-10-8-20-9-11-21;/h17,20H,6-11H2,1-5H3;1H/t17-;/m1./s1. The van der Waals surface area contributed by atoms with Crippen LogP contribution in [0, 0.1) is 34.6 Å². The average molecular weight is 329 g/mol. The second-order valence-electron chi connectivity index (χ2n) is 6.32. The summed E-state index contributed by atoms with van der Waals surface area (Å²) in [6, 6.07) is 0.218. The van der Waals surface area contributed by atoms with Gasteiger partial charge in [-0.3, -0.25) is 9.29 Å². The van der Waals surface area contributed by atoms with E-state index in [2.05, 4.69) is 44.8 Å². The third-order valence-electron chi connectivity index (χ3n) is 5.37. The van der Waals surface area contributed by atoms with Crippen molar-refractivity contribution in [3.63, 3.8) is 0 Å². The van der Waals surface area contributed by atoms with Crippen LogP contribution >= 0.6 is 12.4 Å². The van der Waals surface area contributed by atoms with Gasteiger partial charge in [0.05, 0.1) is 6.67 Å². The van der Waals surface area contributed by atoms with Crippen LogP contribution < -0.4 is 5.32 Å². The van der Waals surface area contributed by atoms with Crippen LogP contribution in [-0.4, -0.2) is 37.8 Å². The zero-order chi connectivity index (χ0) is 15.6. The Morgan fingerprint density at radius 3 is 1.82 bits per heavy atom. The molecule has 1 heterocycles. The van der Waals surface area contributed by atoms with Crippen LogP contribution in [0.3, 0.4) is 0 Å². The number of piperazine rings is 1. The van der Waals surface area contributed by atoms with Gasteiger partial charge in [-0.2, -0.15) is 0 Å². The van der Waals surface area contributed by atoms with Crippen molar-refractivity contribution in [1.82, 2.24) is 10.2 Å². The van der Waals surface area contributed by atoms with Crippen molar-refractivity contribution in [2.75, 3.05) is 32.9 Å². The maximum atomic E-state index is 13.2. The minimum atomic E-state index is -0.251. The molecule has 0 amide bonds. The molecule has 4 heteroatoms. The van der Waals surface area contributed by atoms with E-state index in [1.165, 1.54) is 33.4 Å². The maximum Gasteiger partial charge on any atom is 0.0912 e. The van der Waals surface area contributed by atoms with E-state index < -0.39 is 0 Å². The number of rotatable bonds is 4. The lowest BCUT2D eigenvalue weighted by Crippen LogP contribution is -2.45.